The normalized spacial score (nSPS) is 18.1. The first-order valence-electron chi connectivity index (χ1n) is 6.86. The lowest BCUT2D eigenvalue weighted by molar-refractivity contribution is -0.121. The van der Waals surface area contributed by atoms with Crippen LogP contribution in [0.15, 0.2) is 24.5 Å². The molecule has 1 aliphatic rings. The van der Waals surface area contributed by atoms with E-state index >= 15 is 0 Å². The van der Waals surface area contributed by atoms with E-state index in [0.29, 0.717) is 32.4 Å². The molecule has 1 aromatic rings. The summed E-state index contributed by atoms with van der Waals surface area (Å²) in [4.78, 5) is 15.2. The van der Waals surface area contributed by atoms with Gasteiger partial charge in [-0.1, -0.05) is 0 Å². The number of ketones is 1. The summed E-state index contributed by atoms with van der Waals surface area (Å²) in [5, 5.41) is 0. The van der Waals surface area contributed by atoms with E-state index in [-0.39, 0.29) is 17.5 Å². The maximum Gasteiger partial charge on any atom is 0.214 e. The van der Waals surface area contributed by atoms with Crippen molar-refractivity contribution in [3.63, 3.8) is 0 Å². The van der Waals surface area contributed by atoms with Gasteiger partial charge < -0.3 is 0 Å². The second-order valence-electron chi connectivity index (χ2n) is 5.21. The number of Topliss-reactive ketones (excluding diaryl/α,β-unsaturated/α-hetero) is 1. The van der Waals surface area contributed by atoms with E-state index in [9.17, 15) is 13.2 Å². The van der Waals surface area contributed by atoms with Crippen LogP contribution in [0.4, 0.5) is 0 Å². The molecule has 110 valence electrons. The molecule has 20 heavy (non-hydrogen) atoms. The Balaban J connectivity index is 1.90. The van der Waals surface area contributed by atoms with Gasteiger partial charge in [0.25, 0.3) is 0 Å². The summed E-state index contributed by atoms with van der Waals surface area (Å²) in [6, 6.07) is 3.66. The number of pyridine rings is 1. The molecule has 1 aliphatic heterocycles. The van der Waals surface area contributed by atoms with E-state index in [1.807, 2.05) is 12.1 Å². The minimum Gasteiger partial charge on any atom is -0.300 e. The quantitative estimate of drug-likeness (QED) is 0.820. The van der Waals surface area contributed by atoms with Crippen molar-refractivity contribution in [1.82, 2.24) is 9.29 Å². The number of aromatic nitrogens is 1. The largest absolute Gasteiger partial charge is 0.300 e. The highest BCUT2D eigenvalue weighted by atomic mass is 32.2. The van der Waals surface area contributed by atoms with Gasteiger partial charge in [-0.05, 0) is 43.9 Å². The van der Waals surface area contributed by atoms with Crippen LogP contribution in [-0.4, -0.2) is 42.3 Å². The van der Waals surface area contributed by atoms with Gasteiger partial charge in [0.05, 0.1) is 5.75 Å². The molecule has 0 radical (unpaired) electrons. The van der Waals surface area contributed by atoms with Crippen LogP contribution in [0.25, 0.3) is 0 Å². The maximum absolute atomic E-state index is 12.3. The van der Waals surface area contributed by atoms with Crippen molar-refractivity contribution in [3.05, 3.63) is 30.1 Å². The lowest BCUT2D eigenvalue weighted by Crippen LogP contribution is -2.41. The predicted octanol–water partition coefficient (Wildman–Crippen LogP) is 1.25. The van der Waals surface area contributed by atoms with Crippen molar-refractivity contribution in [1.29, 1.82) is 0 Å². The summed E-state index contributed by atoms with van der Waals surface area (Å²) in [5.74, 6) is 0.308. The first-order chi connectivity index (χ1) is 9.49. The molecule has 6 heteroatoms. The van der Waals surface area contributed by atoms with Crippen LogP contribution < -0.4 is 0 Å². The minimum absolute atomic E-state index is 0.0293. The van der Waals surface area contributed by atoms with Crippen molar-refractivity contribution in [2.75, 3.05) is 18.8 Å². The second kappa shape index (κ2) is 6.45. The molecule has 0 amide bonds. The van der Waals surface area contributed by atoms with Gasteiger partial charge in [-0.15, -0.1) is 0 Å². The zero-order chi connectivity index (χ0) is 14.6. The standard InChI is InChI=1S/C14H20N2O3S/c1-12(17)14-4-9-16(10-5-14)20(18,19)11-6-13-2-7-15-8-3-13/h2-3,7-8,14H,4-6,9-11H2,1H3. The Morgan fingerprint density at radius 1 is 1.30 bits per heavy atom. The van der Waals surface area contributed by atoms with Gasteiger partial charge in [-0.3, -0.25) is 9.78 Å². The van der Waals surface area contributed by atoms with E-state index in [4.69, 9.17) is 0 Å². The summed E-state index contributed by atoms with van der Waals surface area (Å²) in [6.07, 6.45) is 5.12. The van der Waals surface area contributed by atoms with Crippen molar-refractivity contribution < 1.29 is 13.2 Å². The number of hydrogen-bond donors (Lipinski definition) is 0. The van der Waals surface area contributed by atoms with E-state index < -0.39 is 10.0 Å². The Hall–Kier alpha value is -1.27. The van der Waals surface area contributed by atoms with Crippen LogP contribution in [0.1, 0.15) is 25.3 Å². The Kier molecular flexibility index (Phi) is 4.88. The van der Waals surface area contributed by atoms with Crippen LogP contribution in [-0.2, 0) is 21.2 Å². The zero-order valence-electron chi connectivity index (χ0n) is 11.7. The van der Waals surface area contributed by atoms with Crippen molar-refractivity contribution in [3.8, 4) is 0 Å². The fourth-order valence-corrected chi connectivity index (χ4v) is 3.98. The van der Waals surface area contributed by atoms with Crippen molar-refractivity contribution >= 4 is 15.8 Å². The number of sulfonamides is 1. The van der Waals surface area contributed by atoms with Gasteiger partial charge in [0.15, 0.2) is 0 Å². The predicted molar refractivity (Wildman–Crippen MR) is 76.7 cm³/mol. The fraction of sp³-hybridized carbons (Fsp3) is 0.571. The van der Waals surface area contributed by atoms with Crippen LogP contribution >= 0.6 is 0 Å². The summed E-state index contributed by atoms with van der Waals surface area (Å²) < 4.78 is 26.0. The summed E-state index contributed by atoms with van der Waals surface area (Å²) in [7, 11) is -3.23. The first-order valence-corrected chi connectivity index (χ1v) is 8.47. The SMILES string of the molecule is CC(=O)C1CCN(S(=O)(=O)CCc2ccncc2)CC1. The lowest BCUT2D eigenvalue weighted by Gasteiger charge is -2.30. The monoisotopic (exact) mass is 296 g/mol. The van der Waals surface area contributed by atoms with Gasteiger partial charge in [0.2, 0.25) is 10.0 Å². The maximum atomic E-state index is 12.3. The third kappa shape index (κ3) is 3.86. The Morgan fingerprint density at radius 2 is 1.90 bits per heavy atom. The lowest BCUT2D eigenvalue weighted by atomic mass is 9.95. The van der Waals surface area contributed by atoms with Gasteiger partial charge in [-0.2, -0.15) is 0 Å². The summed E-state index contributed by atoms with van der Waals surface area (Å²) in [5.41, 5.74) is 0.974. The Labute approximate surface area is 120 Å². The molecular weight excluding hydrogens is 276 g/mol. The molecule has 1 aromatic heterocycles. The molecule has 0 aromatic carbocycles. The molecule has 1 saturated heterocycles. The molecule has 5 nitrogen and oxygen atoms in total. The van der Waals surface area contributed by atoms with Gasteiger partial charge in [0, 0.05) is 31.4 Å². The molecule has 2 rings (SSSR count). The number of hydrogen-bond acceptors (Lipinski definition) is 4. The first kappa shape index (κ1) is 15.1. The highest BCUT2D eigenvalue weighted by Gasteiger charge is 2.29. The number of carbonyl (C=O) groups is 1. The molecule has 0 atom stereocenters. The van der Waals surface area contributed by atoms with E-state index in [1.54, 1.807) is 19.3 Å². The molecule has 0 aliphatic carbocycles. The highest BCUT2D eigenvalue weighted by molar-refractivity contribution is 7.89. The van der Waals surface area contributed by atoms with Crippen LogP contribution in [0, 0.1) is 5.92 Å². The van der Waals surface area contributed by atoms with Gasteiger partial charge in [-0.25, -0.2) is 12.7 Å². The number of nitrogens with zero attached hydrogens (tertiary/aromatic N) is 2. The average Bonchev–Trinajstić information content (AvgIpc) is 2.46. The Bertz CT molecular complexity index is 549. The van der Waals surface area contributed by atoms with E-state index in [2.05, 4.69) is 4.98 Å². The third-order valence-electron chi connectivity index (χ3n) is 3.82. The van der Waals surface area contributed by atoms with Crippen LogP contribution in [0.2, 0.25) is 0 Å². The summed E-state index contributed by atoms with van der Waals surface area (Å²) >= 11 is 0. The molecule has 0 unspecified atom stereocenters. The fourth-order valence-electron chi connectivity index (χ4n) is 2.47. The third-order valence-corrected chi connectivity index (χ3v) is 5.69. The molecule has 0 N–H and O–H groups in total. The molecular formula is C14H20N2O3S. The number of rotatable bonds is 5. The van der Waals surface area contributed by atoms with Crippen molar-refractivity contribution in [2.24, 2.45) is 5.92 Å². The molecule has 0 saturated carbocycles. The van der Waals surface area contributed by atoms with Crippen LogP contribution in [0.5, 0.6) is 0 Å². The second-order valence-corrected chi connectivity index (χ2v) is 7.29. The number of aryl methyl sites for hydroxylation is 1. The van der Waals surface area contributed by atoms with E-state index in [0.717, 1.165) is 5.56 Å². The van der Waals surface area contributed by atoms with Crippen molar-refractivity contribution in [2.45, 2.75) is 26.2 Å². The van der Waals surface area contributed by atoms with E-state index in [1.165, 1.54) is 4.31 Å². The topological polar surface area (TPSA) is 67.3 Å². The zero-order valence-corrected chi connectivity index (χ0v) is 12.5. The highest BCUT2D eigenvalue weighted by Crippen LogP contribution is 2.20. The van der Waals surface area contributed by atoms with Crippen LogP contribution in [0.3, 0.4) is 0 Å². The average molecular weight is 296 g/mol. The molecule has 0 bridgehead atoms. The smallest absolute Gasteiger partial charge is 0.214 e. The molecule has 1 fully saturated rings. The van der Waals surface area contributed by atoms with Gasteiger partial charge >= 0.3 is 0 Å². The van der Waals surface area contributed by atoms with Gasteiger partial charge in [0.1, 0.15) is 5.78 Å². The molecule has 2 heterocycles. The Morgan fingerprint density at radius 3 is 2.45 bits per heavy atom. The number of carbonyl (C=O) groups excluding carboxylic acids is 1. The number of piperidine rings is 1. The molecule has 0 spiro atoms. The summed E-state index contributed by atoms with van der Waals surface area (Å²) in [6.45, 7) is 2.50. The minimum atomic E-state index is -3.23.